The zero-order valence-corrected chi connectivity index (χ0v) is 15.2. The van der Waals surface area contributed by atoms with Gasteiger partial charge in [-0.05, 0) is 52.0 Å². The minimum Gasteiger partial charge on any atom is -0.506 e. The number of nitrogens with zero attached hydrogens (tertiary/aromatic N) is 1. The van der Waals surface area contributed by atoms with Crippen LogP contribution in [0.4, 0.5) is 5.69 Å². The first kappa shape index (κ1) is 16.2. The third kappa shape index (κ3) is 3.74. The molecule has 0 spiro atoms. The monoisotopic (exact) mass is 409 g/mol. The number of para-hydroxylation sites is 1. The molecule has 0 fully saturated rings. The summed E-state index contributed by atoms with van der Waals surface area (Å²) in [6.45, 7) is 4.25. The van der Waals surface area contributed by atoms with Crippen molar-refractivity contribution in [1.29, 1.82) is 0 Å². The SMILES string of the molecule is CCc1cccc(CC)c1N=Cc1cc(Br)cc(Br)c1O. The Morgan fingerprint density at radius 2 is 1.71 bits per heavy atom. The molecule has 0 amide bonds. The van der Waals surface area contributed by atoms with Crippen LogP contribution < -0.4 is 0 Å². The number of hydrogen-bond acceptors (Lipinski definition) is 2. The molecular formula is C17H17Br2NO. The zero-order valence-electron chi connectivity index (χ0n) is 12.0. The Kier molecular flexibility index (Phi) is 5.59. The highest BCUT2D eigenvalue weighted by molar-refractivity contribution is 9.11. The number of benzene rings is 2. The smallest absolute Gasteiger partial charge is 0.138 e. The van der Waals surface area contributed by atoms with E-state index in [1.54, 1.807) is 6.21 Å². The molecule has 0 radical (unpaired) electrons. The van der Waals surface area contributed by atoms with Crippen LogP contribution in [0, 0.1) is 0 Å². The van der Waals surface area contributed by atoms with Gasteiger partial charge in [0.1, 0.15) is 5.75 Å². The fourth-order valence-electron chi connectivity index (χ4n) is 2.20. The molecule has 0 saturated heterocycles. The number of aliphatic imine (C=N–C) groups is 1. The van der Waals surface area contributed by atoms with E-state index in [4.69, 9.17) is 0 Å². The molecule has 21 heavy (non-hydrogen) atoms. The molecule has 110 valence electrons. The molecule has 4 heteroatoms. The van der Waals surface area contributed by atoms with Crippen molar-refractivity contribution >= 4 is 43.8 Å². The van der Waals surface area contributed by atoms with Gasteiger partial charge >= 0.3 is 0 Å². The van der Waals surface area contributed by atoms with Crippen LogP contribution in [0.3, 0.4) is 0 Å². The molecule has 0 unspecified atom stereocenters. The second-order valence-electron chi connectivity index (χ2n) is 4.72. The van der Waals surface area contributed by atoms with Crippen molar-refractivity contribution in [2.24, 2.45) is 4.99 Å². The molecule has 2 nitrogen and oxygen atoms in total. The number of phenolic OH excluding ortho intramolecular Hbond substituents is 1. The van der Waals surface area contributed by atoms with Crippen molar-refractivity contribution in [3.63, 3.8) is 0 Å². The average molecular weight is 411 g/mol. The molecule has 0 heterocycles. The number of aromatic hydroxyl groups is 1. The fraction of sp³-hybridized carbons (Fsp3) is 0.235. The molecule has 1 N–H and O–H groups in total. The summed E-state index contributed by atoms with van der Waals surface area (Å²) in [6.07, 6.45) is 3.60. The molecule has 2 rings (SSSR count). The van der Waals surface area contributed by atoms with E-state index in [1.165, 1.54) is 11.1 Å². The topological polar surface area (TPSA) is 32.6 Å². The van der Waals surface area contributed by atoms with Gasteiger partial charge in [0, 0.05) is 16.3 Å². The van der Waals surface area contributed by atoms with Crippen LogP contribution in [0.2, 0.25) is 0 Å². The Morgan fingerprint density at radius 3 is 2.29 bits per heavy atom. The lowest BCUT2D eigenvalue weighted by Crippen LogP contribution is -1.90. The van der Waals surface area contributed by atoms with E-state index in [-0.39, 0.29) is 5.75 Å². The first-order valence-corrected chi connectivity index (χ1v) is 8.48. The Morgan fingerprint density at radius 1 is 1.10 bits per heavy atom. The quantitative estimate of drug-likeness (QED) is 0.635. The molecule has 0 saturated carbocycles. The molecule has 0 aliphatic carbocycles. The van der Waals surface area contributed by atoms with Crippen LogP contribution in [-0.2, 0) is 12.8 Å². The van der Waals surface area contributed by atoms with Gasteiger partial charge in [-0.3, -0.25) is 4.99 Å². The molecular weight excluding hydrogens is 394 g/mol. The number of hydrogen-bond donors (Lipinski definition) is 1. The van der Waals surface area contributed by atoms with Gasteiger partial charge in [-0.1, -0.05) is 48.0 Å². The Balaban J connectivity index is 2.47. The number of halogens is 2. The van der Waals surface area contributed by atoms with Gasteiger partial charge in [0.05, 0.1) is 10.2 Å². The van der Waals surface area contributed by atoms with E-state index in [2.05, 4.69) is 68.9 Å². The van der Waals surface area contributed by atoms with Crippen molar-refractivity contribution in [1.82, 2.24) is 0 Å². The second kappa shape index (κ2) is 7.23. The van der Waals surface area contributed by atoms with E-state index in [1.807, 2.05) is 12.1 Å². The molecule has 0 bridgehead atoms. The first-order valence-electron chi connectivity index (χ1n) is 6.89. The number of rotatable bonds is 4. The van der Waals surface area contributed by atoms with Crippen LogP contribution in [0.25, 0.3) is 0 Å². The summed E-state index contributed by atoms with van der Waals surface area (Å²) in [5, 5.41) is 10.1. The molecule has 2 aromatic carbocycles. The lowest BCUT2D eigenvalue weighted by molar-refractivity contribution is 0.471. The highest BCUT2D eigenvalue weighted by Crippen LogP contribution is 2.32. The lowest BCUT2D eigenvalue weighted by atomic mass is 10.0. The Bertz CT molecular complexity index is 658. The Hall–Kier alpha value is -1.13. The summed E-state index contributed by atoms with van der Waals surface area (Å²) in [5.41, 5.74) is 4.14. The summed E-state index contributed by atoms with van der Waals surface area (Å²) in [7, 11) is 0. The number of aryl methyl sites for hydroxylation is 2. The summed E-state index contributed by atoms with van der Waals surface area (Å²) in [4.78, 5) is 4.63. The van der Waals surface area contributed by atoms with Crippen molar-refractivity contribution < 1.29 is 5.11 Å². The fourth-order valence-corrected chi connectivity index (χ4v) is 3.46. The predicted molar refractivity (Wildman–Crippen MR) is 96.0 cm³/mol. The van der Waals surface area contributed by atoms with E-state index in [0.717, 1.165) is 23.0 Å². The van der Waals surface area contributed by atoms with Crippen LogP contribution >= 0.6 is 31.9 Å². The maximum atomic E-state index is 10.1. The standard InChI is InChI=1S/C17H17Br2NO/c1-3-11-6-5-7-12(4-2)16(11)20-10-13-8-14(18)9-15(19)17(13)21/h5-10,21H,3-4H2,1-2H3. The van der Waals surface area contributed by atoms with Crippen LogP contribution in [0.1, 0.15) is 30.5 Å². The van der Waals surface area contributed by atoms with E-state index in [9.17, 15) is 5.11 Å². The Labute approximate surface area is 142 Å². The van der Waals surface area contributed by atoms with Crippen molar-refractivity contribution in [2.75, 3.05) is 0 Å². The summed E-state index contributed by atoms with van der Waals surface area (Å²) < 4.78 is 1.55. The minimum absolute atomic E-state index is 0.203. The maximum Gasteiger partial charge on any atom is 0.138 e. The molecule has 0 atom stereocenters. The largest absolute Gasteiger partial charge is 0.506 e. The summed E-state index contributed by atoms with van der Waals surface area (Å²) in [5.74, 6) is 0.203. The molecule has 0 aliphatic rings. The maximum absolute atomic E-state index is 10.1. The average Bonchev–Trinajstić information content (AvgIpc) is 2.48. The van der Waals surface area contributed by atoms with Gasteiger partial charge in [0.15, 0.2) is 0 Å². The van der Waals surface area contributed by atoms with Gasteiger partial charge < -0.3 is 5.11 Å². The van der Waals surface area contributed by atoms with Crippen LogP contribution in [-0.4, -0.2) is 11.3 Å². The third-order valence-electron chi connectivity index (χ3n) is 3.36. The van der Waals surface area contributed by atoms with Gasteiger partial charge in [-0.25, -0.2) is 0 Å². The van der Waals surface area contributed by atoms with Crippen molar-refractivity contribution in [2.45, 2.75) is 26.7 Å². The minimum atomic E-state index is 0.203. The van der Waals surface area contributed by atoms with E-state index in [0.29, 0.717) is 10.0 Å². The predicted octanol–water partition coefficient (Wildman–Crippen LogP) is 5.79. The van der Waals surface area contributed by atoms with Crippen LogP contribution in [0.5, 0.6) is 5.75 Å². The first-order chi connectivity index (χ1) is 10.1. The third-order valence-corrected chi connectivity index (χ3v) is 4.42. The van der Waals surface area contributed by atoms with Crippen LogP contribution in [0.15, 0.2) is 44.3 Å². The van der Waals surface area contributed by atoms with E-state index >= 15 is 0 Å². The molecule has 2 aromatic rings. The molecule has 0 aromatic heterocycles. The number of phenols is 1. The normalized spacial score (nSPS) is 11.2. The highest BCUT2D eigenvalue weighted by atomic mass is 79.9. The van der Waals surface area contributed by atoms with Gasteiger partial charge in [-0.15, -0.1) is 0 Å². The van der Waals surface area contributed by atoms with Gasteiger partial charge in [0.25, 0.3) is 0 Å². The van der Waals surface area contributed by atoms with E-state index < -0.39 is 0 Å². The highest BCUT2D eigenvalue weighted by Gasteiger charge is 2.07. The molecule has 0 aliphatic heterocycles. The van der Waals surface area contributed by atoms with Crippen molar-refractivity contribution in [3.05, 3.63) is 56.0 Å². The second-order valence-corrected chi connectivity index (χ2v) is 6.49. The summed E-state index contributed by atoms with van der Waals surface area (Å²) >= 11 is 6.76. The zero-order chi connectivity index (χ0) is 15.4. The summed E-state index contributed by atoms with van der Waals surface area (Å²) in [6, 6.07) is 9.93. The lowest BCUT2D eigenvalue weighted by Gasteiger charge is -2.09. The van der Waals surface area contributed by atoms with Crippen molar-refractivity contribution in [3.8, 4) is 5.75 Å². The van der Waals surface area contributed by atoms with Gasteiger partial charge in [0.2, 0.25) is 0 Å². The van der Waals surface area contributed by atoms with Gasteiger partial charge in [-0.2, -0.15) is 0 Å².